The number of hydrogen-bond acceptors (Lipinski definition) is 6. The Balaban J connectivity index is 1.56. The van der Waals surface area contributed by atoms with Gasteiger partial charge in [0.15, 0.2) is 5.52 Å². The van der Waals surface area contributed by atoms with Gasteiger partial charge in [0.05, 0.1) is 30.3 Å². The van der Waals surface area contributed by atoms with E-state index >= 15 is 8.78 Å². The standard InChI is InChI=1S/C29H28F2N6O3/c1-4-16(2)25(15-38)34-28(39)21-14-37(29(40)27-26(21)32-8-9-33-27)13-20-22(30)10-17(11-23(20)31)18-6-5-7-24-19(18)12-36(3)35-24/h5-12,14,16,25,38H,4,13,15H2,1-3H3,(H,34,39)/t16-,25+/m0/s1. The number of fused-ring (bicyclic) bond motifs is 2. The van der Waals surface area contributed by atoms with E-state index in [0.717, 1.165) is 16.4 Å². The summed E-state index contributed by atoms with van der Waals surface area (Å²) in [6.07, 6.45) is 6.37. The molecule has 0 saturated heterocycles. The average molecular weight is 547 g/mol. The molecule has 2 N–H and O–H groups in total. The Kier molecular flexibility index (Phi) is 7.40. The molecule has 40 heavy (non-hydrogen) atoms. The van der Waals surface area contributed by atoms with Crippen LogP contribution in [0.4, 0.5) is 8.78 Å². The van der Waals surface area contributed by atoms with Crippen molar-refractivity contribution in [3.63, 3.8) is 0 Å². The maximum Gasteiger partial charge on any atom is 0.279 e. The first-order valence-corrected chi connectivity index (χ1v) is 12.9. The zero-order valence-electron chi connectivity index (χ0n) is 22.2. The number of aliphatic hydroxyl groups is 1. The highest BCUT2D eigenvalue weighted by molar-refractivity contribution is 6.04. The number of carbonyl (C=O) groups is 1. The number of halogens is 2. The number of aliphatic hydroxyl groups excluding tert-OH is 1. The van der Waals surface area contributed by atoms with Crippen LogP contribution in [0.5, 0.6) is 0 Å². The van der Waals surface area contributed by atoms with Gasteiger partial charge < -0.3 is 15.0 Å². The first kappa shape index (κ1) is 27.1. The molecule has 0 radical (unpaired) electrons. The van der Waals surface area contributed by atoms with E-state index in [2.05, 4.69) is 20.4 Å². The number of amides is 1. The molecule has 5 rings (SSSR count). The number of rotatable bonds is 8. The first-order chi connectivity index (χ1) is 19.2. The van der Waals surface area contributed by atoms with Crippen LogP contribution in [0.25, 0.3) is 33.1 Å². The number of benzene rings is 2. The van der Waals surface area contributed by atoms with Crippen LogP contribution in [0.2, 0.25) is 0 Å². The molecule has 11 heteroatoms. The molecular formula is C29H28F2N6O3. The number of nitrogens with one attached hydrogen (secondary N) is 1. The van der Waals surface area contributed by atoms with Gasteiger partial charge in [0.1, 0.15) is 17.2 Å². The Morgan fingerprint density at radius 3 is 2.48 bits per heavy atom. The van der Waals surface area contributed by atoms with Gasteiger partial charge in [-0.3, -0.25) is 19.3 Å². The molecule has 0 aliphatic carbocycles. The normalized spacial score (nSPS) is 13.1. The molecule has 0 fully saturated rings. The van der Waals surface area contributed by atoms with Crippen LogP contribution in [0.3, 0.4) is 0 Å². The predicted octanol–water partition coefficient (Wildman–Crippen LogP) is 3.81. The van der Waals surface area contributed by atoms with Gasteiger partial charge in [-0.1, -0.05) is 32.4 Å². The highest BCUT2D eigenvalue weighted by Gasteiger charge is 2.23. The summed E-state index contributed by atoms with van der Waals surface area (Å²) < 4.78 is 33.5. The van der Waals surface area contributed by atoms with Crippen LogP contribution in [0, 0.1) is 17.6 Å². The summed E-state index contributed by atoms with van der Waals surface area (Å²) in [6.45, 7) is 3.07. The maximum atomic E-state index is 15.4. The summed E-state index contributed by atoms with van der Waals surface area (Å²) in [5, 5.41) is 17.6. The van der Waals surface area contributed by atoms with Gasteiger partial charge in [0.2, 0.25) is 0 Å². The minimum atomic E-state index is -0.842. The van der Waals surface area contributed by atoms with E-state index in [1.807, 2.05) is 19.9 Å². The molecule has 0 spiro atoms. The van der Waals surface area contributed by atoms with Crippen molar-refractivity contribution in [2.24, 2.45) is 13.0 Å². The number of pyridine rings is 1. The second kappa shape index (κ2) is 10.9. The Morgan fingerprint density at radius 2 is 1.80 bits per heavy atom. The van der Waals surface area contributed by atoms with E-state index in [1.54, 1.807) is 30.1 Å². The monoisotopic (exact) mass is 546 g/mol. The smallest absolute Gasteiger partial charge is 0.279 e. The Hall–Kier alpha value is -4.51. The molecule has 1 amide bonds. The topological polar surface area (TPSA) is 115 Å². The lowest BCUT2D eigenvalue weighted by molar-refractivity contribution is 0.0892. The number of carbonyl (C=O) groups excluding carboxylic acids is 1. The Morgan fingerprint density at radius 1 is 1.10 bits per heavy atom. The van der Waals surface area contributed by atoms with Crippen molar-refractivity contribution in [2.75, 3.05) is 6.61 Å². The number of aryl methyl sites for hydroxylation is 1. The van der Waals surface area contributed by atoms with Crippen LogP contribution in [0.1, 0.15) is 36.2 Å². The molecule has 0 aliphatic rings. The van der Waals surface area contributed by atoms with Gasteiger partial charge in [-0.25, -0.2) is 13.8 Å². The highest BCUT2D eigenvalue weighted by Crippen LogP contribution is 2.30. The third-order valence-electron chi connectivity index (χ3n) is 7.24. The van der Waals surface area contributed by atoms with E-state index in [-0.39, 0.29) is 34.7 Å². The largest absolute Gasteiger partial charge is 0.394 e. The second-order valence-electron chi connectivity index (χ2n) is 9.84. The SMILES string of the molecule is CC[C@H](C)[C@@H](CO)NC(=O)c1cn(Cc2c(F)cc(-c3cccc4nn(C)cc34)cc2F)c(=O)c2nccnc12. The fourth-order valence-electron chi connectivity index (χ4n) is 4.78. The second-order valence-corrected chi connectivity index (χ2v) is 9.84. The van der Waals surface area contributed by atoms with Crippen LogP contribution < -0.4 is 10.9 Å². The third kappa shape index (κ3) is 4.95. The van der Waals surface area contributed by atoms with Crippen molar-refractivity contribution in [2.45, 2.75) is 32.9 Å². The number of hydrogen-bond donors (Lipinski definition) is 2. The van der Waals surface area contributed by atoms with E-state index in [4.69, 9.17) is 0 Å². The van der Waals surface area contributed by atoms with Crippen LogP contribution in [0.15, 0.2) is 59.9 Å². The zero-order valence-corrected chi connectivity index (χ0v) is 22.2. The quantitative estimate of drug-likeness (QED) is 0.306. The molecule has 206 valence electrons. The molecule has 2 atom stereocenters. The molecule has 3 aromatic heterocycles. The van der Waals surface area contributed by atoms with Crippen molar-refractivity contribution in [1.29, 1.82) is 0 Å². The summed E-state index contributed by atoms with van der Waals surface area (Å²) in [6, 6.07) is 7.24. The molecular weight excluding hydrogens is 518 g/mol. The van der Waals surface area contributed by atoms with Gasteiger partial charge in [-0.05, 0) is 35.2 Å². The minimum Gasteiger partial charge on any atom is -0.394 e. The van der Waals surface area contributed by atoms with Crippen molar-refractivity contribution in [1.82, 2.24) is 29.6 Å². The molecule has 3 heterocycles. The summed E-state index contributed by atoms with van der Waals surface area (Å²) in [5.41, 5.74) is 0.597. The van der Waals surface area contributed by atoms with Gasteiger partial charge >= 0.3 is 0 Å². The first-order valence-electron chi connectivity index (χ1n) is 12.9. The van der Waals surface area contributed by atoms with Gasteiger partial charge in [0.25, 0.3) is 11.5 Å². The Labute approximate surface area is 228 Å². The van der Waals surface area contributed by atoms with Gasteiger partial charge in [-0.2, -0.15) is 5.10 Å². The lowest BCUT2D eigenvalue weighted by Crippen LogP contribution is -2.42. The van der Waals surface area contributed by atoms with Crippen LogP contribution in [-0.4, -0.2) is 48.0 Å². The predicted molar refractivity (Wildman–Crippen MR) is 147 cm³/mol. The third-order valence-corrected chi connectivity index (χ3v) is 7.24. The lowest BCUT2D eigenvalue weighted by atomic mass is 9.99. The summed E-state index contributed by atoms with van der Waals surface area (Å²) in [7, 11) is 1.77. The van der Waals surface area contributed by atoms with E-state index in [1.165, 1.54) is 30.7 Å². The van der Waals surface area contributed by atoms with Crippen molar-refractivity contribution in [3.05, 3.63) is 88.2 Å². The van der Waals surface area contributed by atoms with E-state index < -0.39 is 35.7 Å². The molecule has 0 saturated carbocycles. The minimum absolute atomic E-state index is 0.00476. The fraction of sp³-hybridized carbons (Fsp3) is 0.276. The number of nitrogens with zero attached hydrogens (tertiary/aromatic N) is 5. The van der Waals surface area contributed by atoms with Crippen molar-refractivity contribution >= 4 is 27.8 Å². The molecule has 9 nitrogen and oxygen atoms in total. The van der Waals surface area contributed by atoms with E-state index in [0.29, 0.717) is 16.6 Å². The molecule has 5 aromatic rings. The molecule has 2 aromatic carbocycles. The summed E-state index contributed by atoms with van der Waals surface area (Å²) >= 11 is 0. The average Bonchev–Trinajstić information content (AvgIpc) is 3.34. The van der Waals surface area contributed by atoms with E-state index in [9.17, 15) is 14.7 Å². The maximum absolute atomic E-state index is 15.4. The lowest BCUT2D eigenvalue weighted by Gasteiger charge is -2.22. The molecule has 0 unspecified atom stereocenters. The van der Waals surface area contributed by atoms with Crippen LogP contribution in [-0.2, 0) is 13.6 Å². The molecule has 0 aliphatic heterocycles. The van der Waals surface area contributed by atoms with Crippen molar-refractivity contribution in [3.8, 4) is 11.1 Å². The summed E-state index contributed by atoms with van der Waals surface area (Å²) in [4.78, 5) is 34.7. The van der Waals surface area contributed by atoms with Gasteiger partial charge in [-0.15, -0.1) is 0 Å². The van der Waals surface area contributed by atoms with Crippen molar-refractivity contribution < 1.29 is 18.7 Å². The number of aromatic nitrogens is 5. The summed E-state index contributed by atoms with van der Waals surface area (Å²) in [5.74, 6) is -2.29. The zero-order chi connectivity index (χ0) is 28.6. The van der Waals surface area contributed by atoms with Crippen LogP contribution >= 0.6 is 0 Å². The van der Waals surface area contributed by atoms with Gasteiger partial charge in [0, 0.05) is 42.8 Å². The Bertz CT molecular complexity index is 1780. The highest BCUT2D eigenvalue weighted by atomic mass is 19.1. The molecule has 0 bridgehead atoms. The fourth-order valence-corrected chi connectivity index (χ4v) is 4.78.